The number of rotatable bonds is 6. The summed E-state index contributed by atoms with van der Waals surface area (Å²) in [5.74, 6) is 1.17. The number of thioether (sulfide) groups is 1. The van der Waals surface area contributed by atoms with E-state index in [9.17, 15) is 13.2 Å². The predicted molar refractivity (Wildman–Crippen MR) is 120 cm³/mol. The van der Waals surface area contributed by atoms with Gasteiger partial charge in [0.05, 0.1) is 10.5 Å². The van der Waals surface area contributed by atoms with E-state index in [2.05, 4.69) is 26.8 Å². The van der Waals surface area contributed by atoms with Gasteiger partial charge < -0.3 is 4.90 Å². The monoisotopic (exact) mass is 451 g/mol. The lowest BCUT2D eigenvalue weighted by molar-refractivity contribution is 0.0747. The van der Waals surface area contributed by atoms with Crippen LogP contribution in [0.2, 0.25) is 5.02 Å². The lowest BCUT2D eigenvalue weighted by atomic mass is 10.1. The second-order valence-corrected chi connectivity index (χ2v) is 11.3. The Hall–Kier alpha value is -1.50. The molecule has 0 saturated heterocycles. The highest BCUT2D eigenvalue weighted by atomic mass is 35.5. The van der Waals surface area contributed by atoms with Gasteiger partial charge in [-0.2, -0.15) is 0 Å². The van der Waals surface area contributed by atoms with Crippen molar-refractivity contribution in [3.05, 3.63) is 57.6 Å². The van der Waals surface area contributed by atoms with Gasteiger partial charge in [-0.15, -0.1) is 11.8 Å². The van der Waals surface area contributed by atoms with Crippen molar-refractivity contribution in [3.63, 3.8) is 0 Å². The standard InChI is InChI=1S/C22H26ClNO3S2/c1-5-15-8-16-11-24(12-17(16)9-20(15)23)22(25)19-10-18(29(4,26)27)6-7-21(19)28-13-14(2)3/h6-10,14H,5,11-13H2,1-4H3. The number of carbonyl (C=O) groups is 1. The molecular weight excluding hydrogens is 426 g/mol. The van der Waals surface area contributed by atoms with Gasteiger partial charge in [0.2, 0.25) is 0 Å². The second kappa shape index (κ2) is 8.70. The van der Waals surface area contributed by atoms with Crippen LogP contribution in [0.3, 0.4) is 0 Å². The van der Waals surface area contributed by atoms with Crippen LogP contribution >= 0.6 is 23.4 Å². The molecule has 4 nitrogen and oxygen atoms in total. The minimum atomic E-state index is -3.40. The number of hydrogen-bond acceptors (Lipinski definition) is 4. The summed E-state index contributed by atoms with van der Waals surface area (Å²) >= 11 is 7.94. The van der Waals surface area contributed by atoms with E-state index in [0.29, 0.717) is 24.6 Å². The maximum atomic E-state index is 13.4. The van der Waals surface area contributed by atoms with Crippen LogP contribution in [-0.4, -0.2) is 31.2 Å². The molecule has 0 aliphatic carbocycles. The maximum absolute atomic E-state index is 13.4. The number of aryl methyl sites for hydroxylation is 1. The Labute approximate surface area is 182 Å². The summed E-state index contributed by atoms with van der Waals surface area (Å²) < 4.78 is 24.1. The summed E-state index contributed by atoms with van der Waals surface area (Å²) in [5, 5.41) is 0.729. The van der Waals surface area contributed by atoms with Crippen LogP contribution in [0.15, 0.2) is 40.1 Å². The zero-order chi connectivity index (χ0) is 21.3. The molecule has 29 heavy (non-hydrogen) atoms. The van der Waals surface area contributed by atoms with Crippen molar-refractivity contribution in [2.75, 3.05) is 12.0 Å². The Balaban J connectivity index is 1.94. The zero-order valence-corrected chi connectivity index (χ0v) is 19.5. The van der Waals surface area contributed by atoms with E-state index in [1.54, 1.807) is 28.8 Å². The quantitative estimate of drug-likeness (QED) is 0.565. The fraction of sp³-hybridized carbons (Fsp3) is 0.409. The Morgan fingerprint density at radius 3 is 2.41 bits per heavy atom. The average Bonchev–Trinajstić information content (AvgIpc) is 3.06. The normalized spacial score (nSPS) is 13.8. The molecule has 3 rings (SSSR count). The number of fused-ring (bicyclic) bond motifs is 1. The smallest absolute Gasteiger partial charge is 0.255 e. The van der Waals surface area contributed by atoms with Gasteiger partial charge in [0.15, 0.2) is 9.84 Å². The molecule has 0 aromatic heterocycles. The van der Waals surface area contributed by atoms with E-state index >= 15 is 0 Å². The van der Waals surface area contributed by atoms with Crippen LogP contribution in [-0.2, 0) is 29.3 Å². The molecule has 1 aliphatic rings. The van der Waals surface area contributed by atoms with E-state index in [1.165, 1.54) is 6.07 Å². The molecule has 2 aromatic rings. The van der Waals surface area contributed by atoms with Crippen LogP contribution in [0.25, 0.3) is 0 Å². The first-order valence-electron chi connectivity index (χ1n) is 9.66. The number of sulfone groups is 1. The third-order valence-electron chi connectivity index (χ3n) is 4.94. The predicted octanol–water partition coefficient (Wildman–Crippen LogP) is 5.21. The zero-order valence-electron chi connectivity index (χ0n) is 17.2. The highest BCUT2D eigenvalue weighted by Gasteiger charge is 2.27. The fourth-order valence-electron chi connectivity index (χ4n) is 3.35. The topological polar surface area (TPSA) is 54.5 Å². The summed E-state index contributed by atoms with van der Waals surface area (Å²) in [4.78, 5) is 16.1. The molecule has 1 aliphatic heterocycles. The van der Waals surface area contributed by atoms with Gasteiger partial charge in [-0.1, -0.05) is 38.4 Å². The summed E-state index contributed by atoms with van der Waals surface area (Å²) in [7, 11) is -3.40. The van der Waals surface area contributed by atoms with Gasteiger partial charge in [0, 0.05) is 35.0 Å². The summed E-state index contributed by atoms with van der Waals surface area (Å²) in [6.45, 7) is 7.28. The van der Waals surface area contributed by atoms with Crippen LogP contribution in [0.4, 0.5) is 0 Å². The minimum Gasteiger partial charge on any atom is -0.330 e. The van der Waals surface area contributed by atoms with Crippen LogP contribution < -0.4 is 0 Å². The highest BCUT2D eigenvalue weighted by molar-refractivity contribution is 7.99. The SMILES string of the molecule is CCc1cc2c(cc1Cl)CN(C(=O)c1cc(S(C)(=O)=O)ccc1SCC(C)C)C2. The van der Waals surface area contributed by atoms with E-state index in [4.69, 9.17) is 11.6 Å². The van der Waals surface area contributed by atoms with Gasteiger partial charge in [-0.05, 0) is 53.3 Å². The molecule has 0 unspecified atom stereocenters. The molecule has 0 saturated carbocycles. The molecule has 2 aromatic carbocycles. The molecule has 7 heteroatoms. The highest BCUT2D eigenvalue weighted by Crippen LogP contribution is 2.33. The van der Waals surface area contributed by atoms with Crippen molar-refractivity contribution < 1.29 is 13.2 Å². The van der Waals surface area contributed by atoms with E-state index in [-0.39, 0.29) is 10.8 Å². The number of carbonyl (C=O) groups excluding carboxylic acids is 1. The Kier molecular flexibility index (Phi) is 6.66. The van der Waals surface area contributed by atoms with Gasteiger partial charge in [-0.3, -0.25) is 4.79 Å². The molecule has 156 valence electrons. The first kappa shape index (κ1) is 22.2. The minimum absolute atomic E-state index is 0.146. The average molecular weight is 452 g/mol. The summed E-state index contributed by atoms with van der Waals surface area (Å²) in [6, 6.07) is 8.89. The number of hydrogen-bond donors (Lipinski definition) is 0. The van der Waals surface area contributed by atoms with Crippen LogP contribution in [0, 0.1) is 5.92 Å². The van der Waals surface area contributed by atoms with Crippen molar-refractivity contribution in [3.8, 4) is 0 Å². The number of benzene rings is 2. The molecule has 1 amide bonds. The van der Waals surface area contributed by atoms with Crippen molar-refractivity contribution in [2.24, 2.45) is 5.92 Å². The number of amides is 1. The van der Waals surface area contributed by atoms with Crippen molar-refractivity contribution in [2.45, 2.75) is 50.1 Å². The van der Waals surface area contributed by atoms with E-state index in [0.717, 1.165) is 45.0 Å². The molecule has 0 radical (unpaired) electrons. The van der Waals surface area contributed by atoms with Gasteiger partial charge in [-0.25, -0.2) is 8.42 Å². The lowest BCUT2D eigenvalue weighted by Gasteiger charge is -2.19. The van der Waals surface area contributed by atoms with Crippen molar-refractivity contribution in [1.29, 1.82) is 0 Å². The molecule has 0 atom stereocenters. The molecule has 0 N–H and O–H groups in total. The van der Waals surface area contributed by atoms with Crippen molar-refractivity contribution >= 4 is 39.1 Å². The third kappa shape index (κ3) is 4.98. The molecular formula is C22H26ClNO3S2. The number of nitrogens with zero attached hydrogens (tertiary/aromatic N) is 1. The third-order valence-corrected chi connectivity index (χ3v) is 7.90. The Bertz CT molecular complexity index is 1050. The van der Waals surface area contributed by atoms with Crippen LogP contribution in [0.1, 0.15) is 47.8 Å². The first-order chi connectivity index (χ1) is 13.6. The lowest BCUT2D eigenvalue weighted by Crippen LogP contribution is -2.26. The summed E-state index contributed by atoms with van der Waals surface area (Å²) in [5.41, 5.74) is 3.69. The van der Waals surface area contributed by atoms with E-state index < -0.39 is 9.84 Å². The molecule has 1 heterocycles. The maximum Gasteiger partial charge on any atom is 0.255 e. The molecule has 0 fully saturated rings. The van der Waals surface area contributed by atoms with Crippen molar-refractivity contribution in [1.82, 2.24) is 4.90 Å². The van der Waals surface area contributed by atoms with Crippen LogP contribution in [0.5, 0.6) is 0 Å². The van der Waals surface area contributed by atoms with Gasteiger partial charge in [0.1, 0.15) is 0 Å². The number of halogens is 1. The molecule has 0 bridgehead atoms. The fourth-order valence-corrected chi connectivity index (χ4v) is 5.29. The first-order valence-corrected chi connectivity index (χ1v) is 12.9. The summed E-state index contributed by atoms with van der Waals surface area (Å²) in [6.07, 6.45) is 2.00. The van der Waals surface area contributed by atoms with E-state index in [1.807, 2.05) is 6.07 Å². The largest absolute Gasteiger partial charge is 0.330 e. The second-order valence-electron chi connectivity index (χ2n) is 7.86. The van der Waals surface area contributed by atoms with Gasteiger partial charge in [0.25, 0.3) is 5.91 Å². The Morgan fingerprint density at radius 1 is 1.17 bits per heavy atom. The van der Waals surface area contributed by atoms with Gasteiger partial charge >= 0.3 is 0 Å². The molecule has 0 spiro atoms. The Morgan fingerprint density at radius 2 is 1.83 bits per heavy atom.